The summed E-state index contributed by atoms with van der Waals surface area (Å²) in [5, 5.41) is 0. The molecule has 1 heteroatoms. The van der Waals surface area contributed by atoms with Crippen molar-refractivity contribution in [3.05, 3.63) is 19.2 Å². The van der Waals surface area contributed by atoms with Crippen LogP contribution in [-0.2, 0) is 0 Å². The normalized spacial score (nSPS) is 19.7. The van der Waals surface area contributed by atoms with Crippen LogP contribution in [0.5, 0.6) is 0 Å². The van der Waals surface area contributed by atoms with Gasteiger partial charge in [0.15, 0.2) is 0 Å². The molecule has 1 saturated heterocycles. The number of hydrogen-bond donors (Lipinski definition) is 0. The molecule has 10 heavy (non-hydrogen) atoms. The van der Waals surface area contributed by atoms with Crippen LogP contribution in [0.25, 0.3) is 0 Å². The molecule has 0 spiro atoms. The maximum Gasteiger partial charge on any atom is 0.0173 e. The Labute approximate surface area is 63.7 Å². The van der Waals surface area contributed by atoms with E-state index in [1.807, 2.05) is 0 Å². The molecule has 0 N–H and O–H groups in total. The molecule has 1 heterocycles. The van der Waals surface area contributed by atoms with Gasteiger partial charge in [-0.3, -0.25) is 0 Å². The van der Waals surface area contributed by atoms with Crippen LogP contribution in [0.4, 0.5) is 0 Å². The molecule has 0 bridgehead atoms. The Hall–Kier alpha value is -0.460. The molecule has 0 aromatic rings. The van der Waals surface area contributed by atoms with E-state index < -0.39 is 0 Å². The van der Waals surface area contributed by atoms with Gasteiger partial charge < -0.3 is 4.90 Å². The van der Waals surface area contributed by atoms with E-state index in [2.05, 4.69) is 31.0 Å². The lowest BCUT2D eigenvalue weighted by atomic mass is 10.2. The average Bonchev–Trinajstić information content (AvgIpc) is 2.34. The van der Waals surface area contributed by atoms with Crippen LogP contribution >= 0.6 is 0 Å². The van der Waals surface area contributed by atoms with Gasteiger partial charge in [0.2, 0.25) is 0 Å². The largest absolute Gasteiger partial charge is 0.378 e. The molecule has 57 valence electrons. The first-order valence-corrected chi connectivity index (χ1v) is 4.04. The summed E-state index contributed by atoms with van der Waals surface area (Å²) in [6.45, 7) is 8.47. The smallest absolute Gasteiger partial charge is 0.0173 e. The topological polar surface area (TPSA) is 3.24 Å². The fraction of sp³-hybridized carbons (Fsp3) is 0.667. The van der Waals surface area contributed by atoms with Gasteiger partial charge in [0.05, 0.1) is 0 Å². The summed E-state index contributed by atoms with van der Waals surface area (Å²) in [6, 6.07) is 0. The second kappa shape index (κ2) is 3.65. The SMILES string of the molecule is [CH2]C(C)/C=C/N1CCCC1. The molecule has 1 rings (SSSR count). The van der Waals surface area contributed by atoms with Gasteiger partial charge in [-0.15, -0.1) is 0 Å². The molecule has 1 radical (unpaired) electrons. The lowest BCUT2D eigenvalue weighted by Crippen LogP contribution is -2.10. The van der Waals surface area contributed by atoms with Crippen molar-refractivity contribution >= 4 is 0 Å². The van der Waals surface area contributed by atoms with Crippen LogP contribution in [0, 0.1) is 12.8 Å². The molecule has 1 fully saturated rings. The summed E-state index contributed by atoms with van der Waals surface area (Å²) < 4.78 is 0. The number of allylic oxidation sites excluding steroid dienone is 1. The highest BCUT2D eigenvalue weighted by molar-refractivity contribution is 4.89. The maximum absolute atomic E-state index is 3.89. The Balaban J connectivity index is 2.23. The van der Waals surface area contributed by atoms with E-state index in [4.69, 9.17) is 0 Å². The molecular formula is C9H16N. The van der Waals surface area contributed by atoms with E-state index in [0.717, 1.165) is 0 Å². The van der Waals surface area contributed by atoms with Gasteiger partial charge in [0.1, 0.15) is 0 Å². The van der Waals surface area contributed by atoms with Gasteiger partial charge in [0, 0.05) is 13.1 Å². The zero-order chi connectivity index (χ0) is 7.40. The van der Waals surface area contributed by atoms with Crippen LogP contribution in [0.15, 0.2) is 12.3 Å². The molecule has 0 saturated carbocycles. The first-order chi connectivity index (χ1) is 4.79. The predicted molar refractivity (Wildman–Crippen MR) is 44.5 cm³/mol. The molecule has 0 amide bonds. The van der Waals surface area contributed by atoms with E-state index >= 15 is 0 Å². The number of likely N-dealkylation sites (tertiary alicyclic amines) is 1. The molecule has 0 aromatic heterocycles. The van der Waals surface area contributed by atoms with Gasteiger partial charge in [-0.1, -0.05) is 13.0 Å². The second-order valence-electron chi connectivity index (χ2n) is 3.06. The zero-order valence-electron chi connectivity index (χ0n) is 6.71. The first kappa shape index (κ1) is 7.64. The fourth-order valence-electron chi connectivity index (χ4n) is 1.16. The van der Waals surface area contributed by atoms with E-state index in [-0.39, 0.29) is 0 Å². The van der Waals surface area contributed by atoms with Crippen molar-refractivity contribution in [3.63, 3.8) is 0 Å². The predicted octanol–water partition coefficient (Wildman–Crippen LogP) is 2.07. The maximum atomic E-state index is 3.89. The number of nitrogens with zero attached hydrogens (tertiary/aromatic N) is 1. The van der Waals surface area contributed by atoms with Gasteiger partial charge >= 0.3 is 0 Å². The lowest BCUT2D eigenvalue weighted by Gasteiger charge is -2.10. The summed E-state index contributed by atoms with van der Waals surface area (Å²) in [6.07, 6.45) is 7.06. The van der Waals surface area contributed by atoms with Crippen molar-refractivity contribution in [3.8, 4) is 0 Å². The van der Waals surface area contributed by atoms with Gasteiger partial charge in [0.25, 0.3) is 0 Å². The minimum atomic E-state index is 0.445. The van der Waals surface area contributed by atoms with Crippen molar-refractivity contribution in [2.75, 3.05) is 13.1 Å². The Morgan fingerprint density at radius 3 is 2.50 bits per heavy atom. The van der Waals surface area contributed by atoms with Crippen LogP contribution in [0.1, 0.15) is 19.8 Å². The zero-order valence-corrected chi connectivity index (χ0v) is 6.71. The number of rotatable bonds is 2. The van der Waals surface area contributed by atoms with E-state index in [9.17, 15) is 0 Å². The van der Waals surface area contributed by atoms with Gasteiger partial charge in [-0.25, -0.2) is 0 Å². The highest BCUT2D eigenvalue weighted by Crippen LogP contribution is 2.08. The van der Waals surface area contributed by atoms with Crippen LogP contribution in [0.2, 0.25) is 0 Å². The summed E-state index contributed by atoms with van der Waals surface area (Å²) in [4.78, 5) is 2.36. The highest BCUT2D eigenvalue weighted by atomic mass is 15.1. The highest BCUT2D eigenvalue weighted by Gasteiger charge is 2.05. The van der Waals surface area contributed by atoms with Crippen molar-refractivity contribution in [1.82, 2.24) is 4.90 Å². The average molecular weight is 138 g/mol. The summed E-state index contributed by atoms with van der Waals surface area (Å²) in [5.74, 6) is 0.445. The summed E-state index contributed by atoms with van der Waals surface area (Å²) >= 11 is 0. The van der Waals surface area contributed by atoms with Crippen LogP contribution in [-0.4, -0.2) is 18.0 Å². The molecule has 0 aromatic carbocycles. The first-order valence-electron chi connectivity index (χ1n) is 4.04. The Kier molecular flexibility index (Phi) is 2.79. The molecule has 0 aliphatic carbocycles. The second-order valence-corrected chi connectivity index (χ2v) is 3.06. The third-order valence-corrected chi connectivity index (χ3v) is 1.77. The van der Waals surface area contributed by atoms with Gasteiger partial charge in [-0.05, 0) is 31.9 Å². The van der Waals surface area contributed by atoms with Crippen molar-refractivity contribution in [2.45, 2.75) is 19.8 Å². The Morgan fingerprint density at radius 1 is 1.40 bits per heavy atom. The van der Waals surface area contributed by atoms with Crippen LogP contribution in [0.3, 0.4) is 0 Å². The molecule has 1 nitrogen and oxygen atoms in total. The third-order valence-electron chi connectivity index (χ3n) is 1.77. The Morgan fingerprint density at radius 2 is 2.00 bits per heavy atom. The lowest BCUT2D eigenvalue weighted by molar-refractivity contribution is 0.465. The molecule has 1 aliphatic heterocycles. The minimum absolute atomic E-state index is 0.445. The van der Waals surface area contributed by atoms with Crippen molar-refractivity contribution in [2.24, 2.45) is 5.92 Å². The van der Waals surface area contributed by atoms with E-state index in [1.165, 1.54) is 25.9 Å². The quantitative estimate of drug-likeness (QED) is 0.564. The summed E-state index contributed by atoms with van der Waals surface area (Å²) in [5.41, 5.74) is 0. The molecule has 1 aliphatic rings. The molecule has 1 unspecified atom stereocenters. The van der Waals surface area contributed by atoms with Crippen LogP contribution < -0.4 is 0 Å². The number of hydrogen-bond acceptors (Lipinski definition) is 1. The molecular weight excluding hydrogens is 122 g/mol. The van der Waals surface area contributed by atoms with Crippen molar-refractivity contribution in [1.29, 1.82) is 0 Å². The minimum Gasteiger partial charge on any atom is -0.378 e. The monoisotopic (exact) mass is 138 g/mol. The summed E-state index contributed by atoms with van der Waals surface area (Å²) in [7, 11) is 0. The van der Waals surface area contributed by atoms with E-state index in [1.54, 1.807) is 0 Å². The fourth-order valence-corrected chi connectivity index (χ4v) is 1.16. The molecule has 1 atom stereocenters. The Bertz CT molecular complexity index is 110. The third kappa shape index (κ3) is 2.42. The van der Waals surface area contributed by atoms with Gasteiger partial charge in [-0.2, -0.15) is 0 Å². The van der Waals surface area contributed by atoms with E-state index in [0.29, 0.717) is 5.92 Å². The standard InChI is InChI=1S/C9H16N/c1-9(2)5-8-10-6-3-4-7-10/h5,8-9H,1,3-4,6-7H2,2H3/b8-5+. The van der Waals surface area contributed by atoms with Crippen molar-refractivity contribution < 1.29 is 0 Å².